The van der Waals surface area contributed by atoms with E-state index in [-0.39, 0.29) is 18.2 Å². The third-order valence-electron chi connectivity index (χ3n) is 5.07. The van der Waals surface area contributed by atoms with Crippen molar-refractivity contribution in [1.82, 2.24) is 9.80 Å². The molecule has 0 N–H and O–H groups in total. The number of hydrogen-bond donors (Lipinski definition) is 0. The SMILES string of the molecule is CC(=O)CC(=O)OCCN1CCN([14CH](c2ccccc2)c2ccccc2)CC1. The first kappa shape index (κ1) is 20.2. The molecule has 0 bridgehead atoms. The molecular formula is C23H28N2O3. The van der Waals surface area contributed by atoms with E-state index < -0.39 is 5.97 Å². The van der Waals surface area contributed by atoms with E-state index in [4.69, 9.17) is 4.74 Å². The van der Waals surface area contributed by atoms with E-state index in [0.29, 0.717) is 13.2 Å². The maximum Gasteiger partial charge on any atom is 0.313 e. The second kappa shape index (κ2) is 10.2. The summed E-state index contributed by atoms with van der Waals surface area (Å²) >= 11 is 0. The predicted molar refractivity (Wildman–Crippen MR) is 109 cm³/mol. The first-order valence-corrected chi connectivity index (χ1v) is 9.85. The lowest BCUT2D eigenvalue weighted by Crippen LogP contribution is -2.48. The van der Waals surface area contributed by atoms with Crippen LogP contribution < -0.4 is 0 Å². The van der Waals surface area contributed by atoms with Crippen LogP contribution in [0.3, 0.4) is 0 Å². The molecule has 0 radical (unpaired) electrons. The van der Waals surface area contributed by atoms with Crippen molar-refractivity contribution in [3.8, 4) is 0 Å². The molecular weight excluding hydrogens is 354 g/mol. The smallest absolute Gasteiger partial charge is 0.313 e. The minimum atomic E-state index is -0.431. The summed E-state index contributed by atoms with van der Waals surface area (Å²) in [5.74, 6) is -0.592. The molecule has 0 aliphatic carbocycles. The van der Waals surface area contributed by atoms with Gasteiger partial charge in [-0.3, -0.25) is 19.4 Å². The van der Waals surface area contributed by atoms with E-state index in [1.54, 1.807) is 0 Å². The van der Waals surface area contributed by atoms with Crippen LogP contribution in [0.15, 0.2) is 60.7 Å². The van der Waals surface area contributed by atoms with Crippen LogP contribution in [0.5, 0.6) is 0 Å². The summed E-state index contributed by atoms with van der Waals surface area (Å²) in [5.41, 5.74) is 2.61. The molecule has 1 fully saturated rings. The van der Waals surface area contributed by atoms with Crippen LogP contribution in [-0.4, -0.2) is 60.9 Å². The number of hydrogen-bond acceptors (Lipinski definition) is 5. The number of benzene rings is 2. The molecule has 0 spiro atoms. The molecule has 5 nitrogen and oxygen atoms in total. The van der Waals surface area contributed by atoms with Gasteiger partial charge in [0.2, 0.25) is 0 Å². The van der Waals surface area contributed by atoms with E-state index in [0.717, 1.165) is 26.2 Å². The summed E-state index contributed by atoms with van der Waals surface area (Å²) in [6.45, 7) is 6.22. The molecule has 5 heteroatoms. The van der Waals surface area contributed by atoms with E-state index in [1.807, 2.05) is 0 Å². The van der Waals surface area contributed by atoms with Gasteiger partial charge >= 0.3 is 5.97 Å². The summed E-state index contributed by atoms with van der Waals surface area (Å²) in [5, 5.41) is 0. The standard InChI is InChI=1S/C23H28N2O3/c1-19(26)18-22(27)28-17-16-24-12-14-25(15-13-24)23(20-8-4-2-5-9-20)21-10-6-3-7-11-21/h2-11,23H,12-18H2,1H3/i23+2. The number of nitrogens with zero attached hydrogens (tertiary/aromatic N) is 2. The minimum absolute atomic E-state index is 0.135. The molecule has 1 heterocycles. The molecule has 2 aromatic rings. The molecule has 0 aromatic heterocycles. The predicted octanol–water partition coefficient (Wildman–Crippen LogP) is 2.92. The largest absolute Gasteiger partial charge is 0.464 e. The van der Waals surface area contributed by atoms with Crippen molar-refractivity contribution in [2.45, 2.75) is 19.4 Å². The van der Waals surface area contributed by atoms with Crippen molar-refractivity contribution in [2.75, 3.05) is 39.3 Å². The zero-order chi connectivity index (χ0) is 19.8. The lowest BCUT2D eigenvalue weighted by molar-refractivity contribution is -0.146. The summed E-state index contributed by atoms with van der Waals surface area (Å²) in [7, 11) is 0. The quantitative estimate of drug-likeness (QED) is 0.519. The Morgan fingerprint density at radius 2 is 1.43 bits per heavy atom. The summed E-state index contributed by atoms with van der Waals surface area (Å²) in [6.07, 6.45) is -0.135. The highest BCUT2D eigenvalue weighted by atomic mass is 16.5. The van der Waals surface area contributed by atoms with Crippen molar-refractivity contribution in [1.29, 1.82) is 0 Å². The van der Waals surface area contributed by atoms with Crippen LogP contribution in [0.4, 0.5) is 0 Å². The molecule has 3 rings (SSSR count). The number of Topliss-reactive ketones (excluding diaryl/α,β-unsaturated/α-hetero) is 1. The van der Waals surface area contributed by atoms with Crippen LogP contribution >= 0.6 is 0 Å². The van der Waals surface area contributed by atoms with Gasteiger partial charge in [-0.2, -0.15) is 0 Å². The van der Waals surface area contributed by atoms with Gasteiger partial charge in [0.1, 0.15) is 18.8 Å². The number of ether oxygens (including phenoxy) is 1. The first-order chi connectivity index (χ1) is 13.6. The molecule has 2 aromatic carbocycles. The Balaban J connectivity index is 1.56. The molecule has 28 heavy (non-hydrogen) atoms. The van der Waals surface area contributed by atoms with Crippen molar-refractivity contribution >= 4 is 11.8 Å². The van der Waals surface area contributed by atoms with Crippen molar-refractivity contribution in [2.24, 2.45) is 0 Å². The molecule has 0 saturated carbocycles. The van der Waals surface area contributed by atoms with Crippen molar-refractivity contribution in [3.05, 3.63) is 71.8 Å². The summed E-state index contributed by atoms with van der Waals surface area (Å²) < 4.78 is 5.15. The van der Waals surface area contributed by atoms with Gasteiger partial charge < -0.3 is 4.74 Å². The van der Waals surface area contributed by atoms with Gasteiger partial charge in [0.25, 0.3) is 0 Å². The Kier molecular flexibility index (Phi) is 7.34. The highest BCUT2D eigenvalue weighted by molar-refractivity contribution is 5.94. The minimum Gasteiger partial charge on any atom is -0.464 e. The Morgan fingerprint density at radius 1 is 0.893 bits per heavy atom. The monoisotopic (exact) mass is 382 g/mol. The second-order valence-corrected chi connectivity index (χ2v) is 7.20. The van der Waals surface area contributed by atoms with Crippen molar-refractivity contribution in [3.63, 3.8) is 0 Å². The van der Waals surface area contributed by atoms with Gasteiger partial charge in [0, 0.05) is 32.7 Å². The lowest BCUT2D eigenvalue weighted by atomic mass is 10.2. The van der Waals surface area contributed by atoms with Gasteiger partial charge in [0.15, 0.2) is 0 Å². The van der Waals surface area contributed by atoms with E-state index in [1.165, 1.54) is 18.1 Å². The molecule has 0 atom stereocenters. The van der Waals surface area contributed by atoms with Gasteiger partial charge in [-0.05, 0) is 18.1 Å². The molecule has 0 unspecified atom stereocenters. The van der Waals surface area contributed by atoms with Crippen LogP contribution in [0, 0.1) is 0 Å². The molecule has 1 aliphatic rings. The number of piperazine rings is 1. The summed E-state index contributed by atoms with van der Waals surface area (Å²) in [6, 6.07) is 21.5. The van der Waals surface area contributed by atoms with Gasteiger partial charge in [-0.25, -0.2) is 0 Å². The fraction of sp³-hybridized carbons (Fsp3) is 0.391. The third-order valence-corrected chi connectivity index (χ3v) is 5.07. The van der Waals surface area contributed by atoms with Crippen LogP contribution in [-0.2, 0) is 14.3 Å². The molecule has 1 saturated heterocycles. The molecule has 148 valence electrons. The maximum absolute atomic E-state index is 11.5. The fourth-order valence-electron chi connectivity index (χ4n) is 3.67. The van der Waals surface area contributed by atoms with E-state index in [2.05, 4.69) is 70.5 Å². The van der Waals surface area contributed by atoms with Crippen LogP contribution in [0.1, 0.15) is 30.5 Å². The highest BCUT2D eigenvalue weighted by Gasteiger charge is 2.26. The van der Waals surface area contributed by atoms with E-state index in [9.17, 15) is 9.59 Å². The number of ketones is 1. The Morgan fingerprint density at radius 3 is 1.93 bits per heavy atom. The van der Waals surface area contributed by atoms with Gasteiger partial charge in [-0.1, -0.05) is 60.7 Å². The first-order valence-electron chi connectivity index (χ1n) is 9.85. The maximum atomic E-state index is 11.5. The average Bonchev–Trinajstić information content (AvgIpc) is 2.70. The second-order valence-electron chi connectivity index (χ2n) is 7.20. The number of esters is 1. The number of carbonyl (C=O) groups is 2. The zero-order valence-electron chi connectivity index (χ0n) is 16.4. The van der Waals surface area contributed by atoms with Crippen molar-refractivity contribution < 1.29 is 14.3 Å². The lowest BCUT2D eigenvalue weighted by Gasteiger charge is -2.39. The normalized spacial score (nSPS) is 15.5. The summed E-state index contributed by atoms with van der Waals surface area (Å²) in [4.78, 5) is 27.2. The third kappa shape index (κ3) is 5.75. The number of carbonyl (C=O) groups excluding carboxylic acids is 2. The van der Waals surface area contributed by atoms with Crippen LogP contribution in [0.25, 0.3) is 0 Å². The van der Waals surface area contributed by atoms with E-state index >= 15 is 0 Å². The van der Waals surface area contributed by atoms with Crippen LogP contribution in [0.2, 0.25) is 0 Å². The topological polar surface area (TPSA) is 49.9 Å². The Hall–Kier alpha value is -2.50. The molecule has 1 aliphatic heterocycles. The van der Waals surface area contributed by atoms with Gasteiger partial charge in [0.05, 0.1) is 6.04 Å². The van der Waals surface area contributed by atoms with Gasteiger partial charge in [-0.15, -0.1) is 0 Å². The Labute approximate surface area is 166 Å². The average molecular weight is 382 g/mol. The zero-order valence-corrected chi connectivity index (χ0v) is 16.4. The molecule has 0 amide bonds. The fourth-order valence-corrected chi connectivity index (χ4v) is 3.67. The Bertz CT molecular complexity index is 716. The highest BCUT2D eigenvalue weighted by Crippen LogP contribution is 2.29. The number of rotatable bonds is 8.